The first kappa shape index (κ1) is 20.6. The Hall–Kier alpha value is -3.12. The number of imide groups is 1. The molecule has 2 N–H and O–H groups in total. The van der Waals surface area contributed by atoms with Crippen LogP contribution in [0.1, 0.15) is 17.5 Å². The molecule has 1 aliphatic rings. The van der Waals surface area contributed by atoms with Crippen LogP contribution in [0.4, 0.5) is 4.79 Å². The lowest BCUT2D eigenvalue weighted by molar-refractivity contribution is -0.128. The number of rotatable bonds is 10. The first-order valence-electron chi connectivity index (χ1n) is 9.74. The quantitative estimate of drug-likeness (QED) is 0.480. The molecule has 1 aliphatic heterocycles. The van der Waals surface area contributed by atoms with E-state index in [0.29, 0.717) is 25.0 Å². The molecular formula is C23H26N2O4. The van der Waals surface area contributed by atoms with Gasteiger partial charge in [-0.3, -0.25) is 9.69 Å². The average Bonchev–Trinajstić information content (AvgIpc) is 3.00. The van der Waals surface area contributed by atoms with Crippen LogP contribution in [0.15, 0.2) is 67.3 Å². The number of allylic oxidation sites excluding steroid dienone is 1. The van der Waals surface area contributed by atoms with Gasteiger partial charge in [0.05, 0.1) is 6.54 Å². The van der Waals surface area contributed by atoms with Crippen LogP contribution in [-0.2, 0) is 17.6 Å². The number of β-amino-alcohol motifs (C(OH)–C–C–N with tert-alkyl or cyclic N) is 1. The summed E-state index contributed by atoms with van der Waals surface area (Å²) < 4.78 is 5.70. The molecule has 0 saturated carbocycles. The van der Waals surface area contributed by atoms with Crippen molar-refractivity contribution < 1.29 is 19.4 Å². The molecule has 152 valence electrons. The van der Waals surface area contributed by atoms with E-state index in [-0.39, 0.29) is 19.1 Å². The highest BCUT2D eigenvalue weighted by molar-refractivity contribution is 6.04. The molecule has 2 unspecified atom stereocenters. The van der Waals surface area contributed by atoms with E-state index in [9.17, 15) is 14.7 Å². The predicted octanol–water partition coefficient (Wildman–Crippen LogP) is 2.71. The monoisotopic (exact) mass is 394 g/mol. The molecule has 0 aliphatic carbocycles. The summed E-state index contributed by atoms with van der Waals surface area (Å²) in [4.78, 5) is 25.8. The maximum atomic E-state index is 12.6. The summed E-state index contributed by atoms with van der Waals surface area (Å²) in [6, 6.07) is 16.3. The number of carbonyl (C=O) groups excluding carboxylic acids is 2. The summed E-state index contributed by atoms with van der Waals surface area (Å²) >= 11 is 0. The van der Waals surface area contributed by atoms with Gasteiger partial charge in [-0.1, -0.05) is 54.6 Å². The van der Waals surface area contributed by atoms with E-state index in [0.717, 1.165) is 16.0 Å². The van der Waals surface area contributed by atoms with Crippen molar-refractivity contribution >= 4 is 11.9 Å². The summed E-state index contributed by atoms with van der Waals surface area (Å²) in [5, 5.41) is 13.0. The Labute approximate surface area is 170 Å². The van der Waals surface area contributed by atoms with Crippen molar-refractivity contribution in [1.82, 2.24) is 10.2 Å². The molecule has 3 rings (SSSR count). The van der Waals surface area contributed by atoms with Crippen molar-refractivity contribution in [2.45, 2.75) is 31.4 Å². The second kappa shape index (κ2) is 9.89. The van der Waals surface area contributed by atoms with Crippen LogP contribution in [-0.4, -0.2) is 47.2 Å². The number of ether oxygens (including phenoxy) is 1. The fourth-order valence-corrected chi connectivity index (χ4v) is 3.32. The van der Waals surface area contributed by atoms with Crippen LogP contribution in [0, 0.1) is 0 Å². The first-order valence-corrected chi connectivity index (χ1v) is 9.74. The number of hydrogen-bond acceptors (Lipinski definition) is 4. The number of aliphatic hydroxyl groups is 1. The summed E-state index contributed by atoms with van der Waals surface area (Å²) in [6.45, 7) is 3.61. The maximum absolute atomic E-state index is 12.6. The summed E-state index contributed by atoms with van der Waals surface area (Å²) in [5.74, 6) is 0.349. The van der Waals surface area contributed by atoms with Crippen molar-refractivity contribution in [3.8, 4) is 5.75 Å². The first-order chi connectivity index (χ1) is 14.1. The minimum atomic E-state index is -0.977. The number of aliphatic hydroxyl groups excluding tert-OH is 1. The third-order valence-electron chi connectivity index (χ3n) is 4.83. The summed E-state index contributed by atoms with van der Waals surface area (Å²) in [7, 11) is 0. The lowest BCUT2D eigenvalue weighted by Gasteiger charge is -2.19. The predicted molar refractivity (Wildman–Crippen MR) is 111 cm³/mol. The largest absolute Gasteiger partial charge is 0.491 e. The maximum Gasteiger partial charge on any atom is 0.324 e. The van der Waals surface area contributed by atoms with Crippen LogP contribution in [0.25, 0.3) is 0 Å². The van der Waals surface area contributed by atoms with Crippen LogP contribution in [0.2, 0.25) is 0 Å². The number of hydrogen-bond donors (Lipinski definition) is 2. The zero-order valence-electron chi connectivity index (χ0n) is 16.3. The van der Waals surface area contributed by atoms with E-state index in [1.165, 1.54) is 0 Å². The molecule has 0 aromatic heterocycles. The molecule has 0 spiro atoms. The number of benzene rings is 2. The van der Waals surface area contributed by atoms with Crippen molar-refractivity contribution in [3.63, 3.8) is 0 Å². The average molecular weight is 394 g/mol. The standard InChI is InChI=1S/C23H26N2O4/c1-2-8-18-11-6-7-12-21(18)29-16-19(26)15-25-22(27)20(24-23(25)28)14-13-17-9-4-3-5-10-17/h2-7,9-12,19-20,26H,1,8,13-16H2,(H,24,28). The number of nitrogens with zero attached hydrogens (tertiary/aromatic N) is 1. The molecule has 1 fully saturated rings. The lowest BCUT2D eigenvalue weighted by Crippen LogP contribution is -2.40. The highest BCUT2D eigenvalue weighted by atomic mass is 16.5. The van der Waals surface area contributed by atoms with Crippen LogP contribution >= 0.6 is 0 Å². The van der Waals surface area contributed by atoms with Crippen LogP contribution in [0.5, 0.6) is 5.75 Å². The lowest BCUT2D eigenvalue weighted by atomic mass is 10.1. The van der Waals surface area contributed by atoms with Crippen molar-refractivity contribution in [2.75, 3.05) is 13.2 Å². The number of urea groups is 1. The zero-order valence-corrected chi connectivity index (χ0v) is 16.3. The zero-order chi connectivity index (χ0) is 20.6. The van der Waals surface area contributed by atoms with E-state index in [4.69, 9.17) is 4.74 Å². The molecule has 3 amide bonds. The third-order valence-corrected chi connectivity index (χ3v) is 4.83. The smallest absolute Gasteiger partial charge is 0.324 e. The van der Waals surface area contributed by atoms with Crippen LogP contribution < -0.4 is 10.1 Å². The van der Waals surface area contributed by atoms with Gasteiger partial charge in [0.15, 0.2) is 0 Å². The van der Waals surface area contributed by atoms with E-state index < -0.39 is 18.2 Å². The van der Waals surface area contributed by atoms with Crippen LogP contribution in [0.3, 0.4) is 0 Å². The molecule has 2 aromatic rings. The Bertz CT molecular complexity index is 853. The summed E-state index contributed by atoms with van der Waals surface area (Å²) in [6.07, 6.45) is 2.67. The molecule has 0 radical (unpaired) electrons. The van der Waals surface area contributed by atoms with Gasteiger partial charge in [-0.05, 0) is 36.5 Å². The molecule has 2 aromatic carbocycles. The van der Waals surface area contributed by atoms with Gasteiger partial charge in [0.2, 0.25) is 0 Å². The molecular weight excluding hydrogens is 368 g/mol. The SMILES string of the molecule is C=CCc1ccccc1OCC(O)CN1C(=O)NC(CCc2ccccc2)C1=O. The van der Waals surface area contributed by atoms with Gasteiger partial charge in [-0.25, -0.2) is 4.79 Å². The van der Waals surface area contributed by atoms with Crippen molar-refractivity contribution in [1.29, 1.82) is 0 Å². The summed E-state index contributed by atoms with van der Waals surface area (Å²) in [5.41, 5.74) is 2.07. The second-order valence-corrected chi connectivity index (χ2v) is 7.04. The fraction of sp³-hybridized carbons (Fsp3) is 0.304. The highest BCUT2D eigenvalue weighted by Gasteiger charge is 2.38. The number of carbonyl (C=O) groups is 2. The minimum Gasteiger partial charge on any atom is -0.491 e. The number of para-hydroxylation sites is 1. The van der Waals surface area contributed by atoms with Gasteiger partial charge in [-0.15, -0.1) is 6.58 Å². The van der Waals surface area contributed by atoms with Crippen molar-refractivity contribution in [2.24, 2.45) is 0 Å². The molecule has 2 atom stereocenters. The highest BCUT2D eigenvalue weighted by Crippen LogP contribution is 2.19. The molecule has 1 heterocycles. The Morgan fingerprint density at radius 2 is 1.86 bits per heavy atom. The molecule has 6 nitrogen and oxygen atoms in total. The van der Waals surface area contributed by atoms with E-state index in [1.54, 1.807) is 6.08 Å². The van der Waals surface area contributed by atoms with Gasteiger partial charge < -0.3 is 15.2 Å². The Kier molecular flexibility index (Phi) is 7.03. The molecule has 1 saturated heterocycles. The number of aryl methyl sites for hydroxylation is 1. The molecule has 6 heteroatoms. The van der Waals surface area contributed by atoms with Crippen molar-refractivity contribution in [3.05, 3.63) is 78.4 Å². The normalized spacial score (nSPS) is 17.1. The number of amides is 3. The Morgan fingerprint density at radius 3 is 2.62 bits per heavy atom. The van der Waals surface area contributed by atoms with Gasteiger partial charge >= 0.3 is 6.03 Å². The van der Waals surface area contributed by atoms with Gasteiger partial charge in [0.1, 0.15) is 24.5 Å². The molecule has 0 bridgehead atoms. The second-order valence-electron chi connectivity index (χ2n) is 7.04. The third kappa shape index (κ3) is 5.45. The topological polar surface area (TPSA) is 78.9 Å². The van der Waals surface area contributed by atoms with Gasteiger partial charge in [0.25, 0.3) is 5.91 Å². The van der Waals surface area contributed by atoms with E-state index in [2.05, 4.69) is 11.9 Å². The molecule has 29 heavy (non-hydrogen) atoms. The van der Waals surface area contributed by atoms with E-state index >= 15 is 0 Å². The number of nitrogens with one attached hydrogen (secondary N) is 1. The van der Waals surface area contributed by atoms with Gasteiger partial charge in [0, 0.05) is 0 Å². The fourth-order valence-electron chi connectivity index (χ4n) is 3.32. The Morgan fingerprint density at radius 1 is 1.14 bits per heavy atom. The van der Waals surface area contributed by atoms with E-state index in [1.807, 2.05) is 54.6 Å². The Balaban J connectivity index is 1.51. The van der Waals surface area contributed by atoms with Gasteiger partial charge in [-0.2, -0.15) is 0 Å². The minimum absolute atomic E-state index is 0.0140.